The summed E-state index contributed by atoms with van der Waals surface area (Å²) < 4.78 is 1.84. The Morgan fingerprint density at radius 2 is 2.00 bits per heavy atom. The standard InChI is InChI=1S/C15H19N3O/c1-4-11-9-12(5-2)18(17-11)14-8-10(3)6-7-13(14)15(16)19/h6-9H,4-5H2,1-3H3,(H2,16,19). The summed E-state index contributed by atoms with van der Waals surface area (Å²) in [5, 5.41) is 4.56. The molecular formula is C15H19N3O. The van der Waals surface area contributed by atoms with Crippen molar-refractivity contribution in [3.8, 4) is 5.69 Å². The lowest BCUT2D eigenvalue weighted by Crippen LogP contribution is -2.16. The molecule has 0 fully saturated rings. The van der Waals surface area contributed by atoms with E-state index in [1.165, 1.54) is 0 Å². The average molecular weight is 257 g/mol. The Bertz CT molecular complexity index is 614. The van der Waals surface area contributed by atoms with Gasteiger partial charge in [-0.15, -0.1) is 0 Å². The summed E-state index contributed by atoms with van der Waals surface area (Å²) in [5.74, 6) is -0.425. The van der Waals surface area contributed by atoms with Gasteiger partial charge in [-0.1, -0.05) is 19.9 Å². The predicted octanol–water partition coefficient (Wildman–Crippen LogP) is 2.40. The smallest absolute Gasteiger partial charge is 0.250 e. The van der Waals surface area contributed by atoms with Crippen LogP contribution in [0.3, 0.4) is 0 Å². The first-order valence-corrected chi connectivity index (χ1v) is 6.55. The molecule has 0 aliphatic carbocycles. The molecule has 0 aliphatic rings. The topological polar surface area (TPSA) is 60.9 Å². The minimum atomic E-state index is -0.425. The molecule has 0 radical (unpaired) electrons. The third kappa shape index (κ3) is 2.52. The summed E-state index contributed by atoms with van der Waals surface area (Å²) in [6.45, 7) is 6.13. The van der Waals surface area contributed by atoms with E-state index in [4.69, 9.17) is 5.73 Å². The highest BCUT2D eigenvalue weighted by Crippen LogP contribution is 2.19. The number of rotatable bonds is 4. The predicted molar refractivity (Wildman–Crippen MR) is 75.6 cm³/mol. The van der Waals surface area contributed by atoms with Crippen molar-refractivity contribution in [1.82, 2.24) is 9.78 Å². The Labute approximate surface area is 113 Å². The molecule has 100 valence electrons. The fourth-order valence-electron chi connectivity index (χ4n) is 2.13. The lowest BCUT2D eigenvalue weighted by molar-refractivity contribution is 0.1000. The normalized spacial score (nSPS) is 10.7. The van der Waals surface area contributed by atoms with E-state index in [2.05, 4.69) is 25.0 Å². The van der Waals surface area contributed by atoms with Crippen LogP contribution in [0.15, 0.2) is 24.3 Å². The number of hydrogen-bond acceptors (Lipinski definition) is 2. The highest BCUT2D eigenvalue weighted by atomic mass is 16.1. The van der Waals surface area contributed by atoms with Gasteiger partial charge < -0.3 is 5.73 Å². The highest BCUT2D eigenvalue weighted by molar-refractivity contribution is 5.96. The van der Waals surface area contributed by atoms with Crippen molar-refractivity contribution in [3.63, 3.8) is 0 Å². The van der Waals surface area contributed by atoms with Crippen molar-refractivity contribution in [2.24, 2.45) is 5.73 Å². The molecule has 0 bridgehead atoms. The molecule has 1 aromatic carbocycles. The van der Waals surface area contributed by atoms with E-state index >= 15 is 0 Å². The summed E-state index contributed by atoms with van der Waals surface area (Å²) >= 11 is 0. The SMILES string of the molecule is CCc1cc(CC)n(-c2cc(C)ccc2C(N)=O)n1. The molecule has 0 atom stereocenters. The lowest BCUT2D eigenvalue weighted by atomic mass is 10.1. The summed E-state index contributed by atoms with van der Waals surface area (Å²) in [4.78, 5) is 11.6. The molecule has 4 nitrogen and oxygen atoms in total. The molecule has 2 N–H and O–H groups in total. The van der Waals surface area contributed by atoms with Crippen LogP contribution in [0.1, 0.15) is 41.2 Å². The second-order valence-corrected chi connectivity index (χ2v) is 4.63. The molecule has 0 saturated heterocycles. The molecule has 0 aliphatic heterocycles. The van der Waals surface area contributed by atoms with Crippen molar-refractivity contribution in [2.75, 3.05) is 0 Å². The third-order valence-corrected chi connectivity index (χ3v) is 3.21. The van der Waals surface area contributed by atoms with E-state index in [1.807, 2.05) is 23.7 Å². The van der Waals surface area contributed by atoms with Gasteiger partial charge in [-0.25, -0.2) is 4.68 Å². The maximum absolute atomic E-state index is 11.6. The van der Waals surface area contributed by atoms with Gasteiger partial charge in [0.1, 0.15) is 0 Å². The molecule has 2 aromatic rings. The minimum absolute atomic E-state index is 0.425. The molecule has 0 spiro atoms. The van der Waals surface area contributed by atoms with E-state index in [9.17, 15) is 4.79 Å². The lowest BCUT2D eigenvalue weighted by Gasteiger charge is -2.11. The van der Waals surface area contributed by atoms with Crippen molar-refractivity contribution in [1.29, 1.82) is 0 Å². The van der Waals surface area contributed by atoms with Crippen molar-refractivity contribution in [2.45, 2.75) is 33.6 Å². The largest absolute Gasteiger partial charge is 0.366 e. The Kier molecular flexibility index (Phi) is 3.69. The first-order valence-electron chi connectivity index (χ1n) is 6.55. The number of carbonyl (C=O) groups excluding carboxylic acids is 1. The second-order valence-electron chi connectivity index (χ2n) is 4.63. The van der Waals surface area contributed by atoms with Gasteiger partial charge >= 0.3 is 0 Å². The number of amides is 1. The molecule has 1 aromatic heterocycles. The fraction of sp³-hybridized carbons (Fsp3) is 0.333. The van der Waals surface area contributed by atoms with Gasteiger partial charge in [0.05, 0.1) is 16.9 Å². The first kappa shape index (κ1) is 13.3. The molecule has 4 heteroatoms. The Balaban J connectivity index is 2.66. The van der Waals surface area contributed by atoms with Crippen molar-refractivity contribution >= 4 is 5.91 Å². The van der Waals surface area contributed by atoms with Crippen LogP contribution in [0.4, 0.5) is 0 Å². The van der Waals surface area contributed by atoms with Crippen LogP contribution in [-0.2, 0) is 12.8 Å². The summed E-state index contributed by atoms with van der Waals surface area (Å²) in [7, 11) is 0. The number of hydrogen-bond donors (Lipinski definition) is 1. The number of aromatic nitrogens is 2. The summed E-state index contributed by atoms with van der Waals surface area (Å²) in [6.07, 6.45) is 1.73. The molecule has 19 heavy (non-hydrogen) atoms. The maximum Gasteiger partial charge on any atom is 0.250 e. The van der Waals surface area contributed by atoms with Gasteiger partial charge in [0, 0.05) is 5.69 Å². The quantitative estimate of drug-likeness (QED) is 0.914. The van der Waals surface area contributed by atoms with Gasteiger partial charge in [-0.05, 0) is 43.5 Å². The minimum Gasteiger partial charge on any atom is -0.366 e. The zero-order valence-electron chi connectivity index (χ0n) is 11.6. The van der Waals surface area contributed by atoms with Gasteiger partial charge in [-0.3, -0.25) is 4.79 Å². The Morgan fingerprint density at radius 1 is 1.26 bits per heavy atom. The highest BCUT2D eigenvalue weighted by Gasteiger charge is 2.14. The number of aryl methyl sites for hydroxylation is 3. The molecule has 0 unspecified atom stereocenters. The summed E-state index contributed by atoms with van der Waals surface area (Å²) in [5.41, 5.74) is 9.92. The van der Waals surface area contributed by atoms with Crippen LogP contribution in [-0.4, -0.2) is 15.7 Å². The van der Waals surface area contributed by atoms with Crippen LogP contribution in [0.5, 0.6) is 0 Å². The zero-order valence-corrected chi connectivity index (χ0v) is 11.6. The molecule has 1 amide bonds. The average Bonchev–Trinajstić information content (AvgIpc) is 2.81. The first-order chi connectivity index (χ1) is 9.06. The van der Waals surface area contributed by atoms with Gasteiger partial charge in [-0.2, -0.15) is 5.10 Å². The van der Waals surface area contributed by atoms with Crippen LogP contribution in [0, 0.1) is 6.92 Å². The Morgan fingerprint density at radius 3 is 2.58 bits per heavy atom. The number of nitrogens with two attached hydrogens (primary N) is 1. The van der Waals surface area contributed by atoms with Gasteiger partial charge in [0.2, 0.25) is 0 Å². The zero-order chi connectivity index (χ0) is 14.0. The fourth-order valence-corrected chi connectivity index (χ4v) is 2.13. The van der Waals surface area contributed by atoms with Crippen molar-refractivity contribution in [3.05, 3.63) is 46.8 Å². The van der Waals surface area contributed by atoms with E-state index < -0.39 is 5.91 Å². The van der Waals surface area contributed by atoms with E-state index in [0.717, 1.165) is 35.5 Å². The van der Waals surface area contributed by atoms with Crippen LogP contribution >= 0.6 is 0 Å². The van der Waals surface area contributed by atoms with Gasteiger partial charge in [0.15, 0.2) is 0 Å². The number of nitrogens with zero attached hydrogens (tertiary/aromatic N) is 2. The Hall–Kier alpha value is -2.10. The molecule has 0 saturated carbocycles. The maximum atomic E-state index is 11.6. The van der Waals surface area contributed by atoms with Crippen LogP contribution in [0.2, 0.25) is 0 Å². The van der Waals surface area contributed by atoms with Crippen LogP contribution in [0.25, 0.3) is 5.69 Å². The summed E-state index contributed by atoms with van der Waals surface area (Å²) in [6, 6.07) is 7.68. The van der Waals surface area contributed by atoms with E-state index in [0.29, 0.717) is 5.56 Å². The molecule has 1 heterocycles. The monoisotopic (exact) mass is 257 g/mol. The number of benzene rings is 1. The van der Waals surface area contributed by atoms with Gasteiger partial charge in [0.25, 0.3) is 5.91 Å². The molecular weight excluding hydrogens is 238 g/mol. The molecule has 2 rings (SSSR count). The van der Waals surface area contributed by atoms with Crippen molar-refractivity contribution < 1.29 is 4.79 Å². The van der Waals surface area contributed by atoms with Crippen LogP contribution < -0.4 is 5.73 Å². The third-order valence-electron chi connectivity index (χ3n) is 3.21. The number of primary amides is 1. The second kappa shape index (κ2) is 5.26. The number of carbonyl (C=O) groups is 1. The van der Waals surface area contributed by atoms with E-state index in [-0.39, 0.29) is 0 Å². The van der Waals surface area contributed by atoms with E-state index in [1.54, 1.807) is 6.07 Å².